The van der Waals surface area contributed by atoms with E-state index in [9.17, 15) is 18.0 Å². The number of oxazole rings is 1. The minimum atomic E-state index is -2.61. The third-order valence-corrected chi connectivity index (χ3v) is 4.83. The number of carbonyl (C=O) groups is 1. The maximum atomic E-state index is 14.4. The number of aromatic nitrogens is 2. The first-order valence-electron chi connectivity index (χ1n) is 9.76. The molecule has 1 unspecified atom stereocenters. The molecule has 0 saturated heterocycles. The number of nitrogens with zero attached hydrogens (tertiary/aromatic N) is 2. The third-order valence-electron chi connectivity index (χ3n) is 4.83. The van der Waals surface area contributed by atoms with Crippen molar-refractivity contribution in [2.45, 2.75) is 25.7 Å². The van der Waals surface area contributed by atoms with Crippen LogP contribution in [0.25, 0.3) is 22.6 Å². The van der Waals surface area contributed by atoms with Gasteiger partial charge in [0, 0.05) is 30.9 Å². The van der Waals surface area contributed by atoms with Crippen molar-refractivity contribution in [3.63, 3.8) is 0 Å². The average Bonchev–Trinajstić information content (AvgIpc) is 3.13. The molecule has 1 atom stereocenters. The molecule has 31 heavy (non-hydrogen) atoms. The summed E-state index contributed by atoms with van der Waals surface area (Å²) in [5, 5.41) is 2.61. The van der Waals surface area contributed by atoms with Crippen molar-refractivity contribution in [3.05, 3.63) is 36.3 Å². The number of pyridine rings is 1. The number of rotatable bonds is 9. The average molecular weight is 435 g/mol. The lowest BCUT2D eigenvalue weighted by Crippen LogP contribution is -2.25. The van der Waals surface area contributed by atoms with Gasteiger partial charge in [0.1, 0.15) is 12.1 Å². The highest BCUT2D eigenvalue weighted by Gasteiger charge is 2.56. The summed E-state index contributed by atoms with van der Waals surface area (Å²) in [5.41, 5.74) is 1.27. The van der Waals surface area contributed by atoms with Crippen molar-refractivity contribution in [1.82, 2.24) is 15.3 Å². The Morgan fingerprint density at radius 3 is 2.81 bits per heavy atom. The van der Waals surface area contributed by atoms with Crippen LogP contribution in [0.3, 0.4) is 0 Å². The minimum Gasteiger partial charge on any atom is -0.491 e. The first-order valence-corrected chi connectivity index (χ1v) is 9.76. The second kappa shape index (κ2) is 8.44. The largest absolute Gasteiger partial charge is 0.491 e. The molecule has 0 aliphatic heterocycles. The number of halogens is 3. The van der Waals surface area contributed by atoms with Crippen molar-refractivity contribution < 1.29 is 31.9 Å². The number of carbonyl (C=O) groups excluding carboxylic acids is 1. The van der Waals surface area contributed by atoms with E-state index < -0.39 is 17.7 Å². The standard InChI is InChI=1S/C21H20F3N3O4/c1-12(28)25-5-7-30-19-9-18-16(11-26-19)27-20(31-18)13-2-3-17(15(22)8-13)29-6-4-14-10-21(14,23)24/h2-3,8-9,11,14H,4-7,10H2,1H3,(H,25,28). The molecule has 1 N–H and O–H groups in total. The summed E-state index contributed by atoms with van der Waals surface area (Å²) in [6.07, 6.45) is 1.52. The Labute approximate surface area is 175 Å². The van der Waals surface area contributed by atoms with Gasteiger partial charge in [0.2, 0.25) is 17.7 Å². The lowest BCUT2D eigenvalue weighted by atomic mass is 10.2. The molecular formula is C21H20F3N3O4. The van der Waals surface area contributed by atoms with Gasteiger partial charge < -0.3 is 19.2 Å². The van der Waals surface area contributed by atoms with Crippen LogP contribution in [0.2, 0.25) is 0 Å². The van der Waals surface area contributed by atoms with Gasteiger partial charge in [-0.05, 0) is 24.6 Å². The van der Waals surface area contributed by atoms with Gasteiger partial charge in [0.15, 0.2) is 17.1 Å². The molecule has 10 heteroatoms. The van der Waals surface area contributed by atoms with Crippen LogP contribution in [-0.2, 0) is 4.79 Å². The summed E-state index contributed by atoms with van der Waals surface area (Å²) in [4.78, 5) is 19.3. The molecule has 2 aromatic heterocycles. The quantitative estimate of drug-likeness (QED) is 0.512. The van der Waals surface area contributed by atoms with Crippen LogP contribution >= 0.6 is 0 Å². The Morgan fingerprint density at radius 2 is 2.10 bits per heavy atom. The highest BCUT2D eigenvalue weighted by molar-refractivity contribution is 5.76. The van der Waals surface area contributed by atoms with Crippen LogP contribution < -0.4 is 14.8 Å². The maximum Gasteiger partial charge on any atom is 0.251 e. The Hall–Kier alpha value is -3.30. The molecule has 1 aliphatic carbocycles. The fourth-order valence-corrected chi connectivity index (χ4v) is 3.04. The number of ether oxygens (including phenoxy) is 2. The van der Waals surface area contributed by atoms with E-state index in [1.807, 2.05) is 0 Å². The van der Waals surface area contributed by atoms with Gasteiger partial charge >= 0.3 is 0 Å². The Balaban J connectivity index is 1.39. The molecule has 1 aromatic carbocycles. The summed E-state index contributed by atoms with van der Waals surface area (Å²) in [6, 6.07) is 5.76. The predicted molar refractivity (Wildman–Crippen MR) is 105 cm³/mol. The van der Waals surface area contributed by atoms with Crippen molar-refractivity contribution in [2.24, 2.45) is 5.92 Å². The highest BCUT2D eigenvalue weighted by Crippen LogP contribution is 2.50. The molecule has 1 aliphatic rings. The number of nitrogens with one attached hydrogen (secondary N) is 1. The monoisotopic (exact) mass is 435 g/mol. The smallest absolute Gasteiger partial charge is 0.251 e. The molecule has 7 nitrogen and oxygen atoms in total. The van der Waals surface area contributed by atoms with Gasteiger partial charge in [0.05, 0.1) is 19.3 Å². The number of alkyl halides is 2. The summed E-state index contributed by atoms with van der Waals surface area (Å²) in [6.45, 7) is 2.02. The van der Waals surface area contributed by atoms with Gasteiger partial charge in [-0.2, -0.15) is 0 Å². The topological polar surface area (TPSA) is 86.5 Å². The molecule has 1 fully saturated rings. The molecule has 1 saturated carbocycles. The molecule has 4 rings (SSSR count). The van der Waals surface area contributed by atoms with Crippen molar-refractivity contribution in [1.29, 1.82) is 0 Å². The van der Waals surface area contributed by atoms with E-state index in [1.165, 1.54) is 25.3 Å². The fraction of sp³-hybridized carbons (Fsp3) is 0.381. The zero-order valence-corrected chi connectivity index (χ0v) is 16.7. The van der Waals surface area contributed by atoms with Crippen molar-refractivity contribution in [2.75, 3.05) is 19.8 Å². The van der Waals surface area contributed by atoms with Crippen LogP contribution in [0.15, 0.2) is 34.9 Å². The van der Waals surface area contributed by atoms with Crippen molar-refractivity contribution >= 4 is 17.0 Å². The number of benzene rings is 1. The minimum absolute atomic E-state index is 0.0136. The molecule has 0 radical (unpaired) electrons. The van der Waals surface area contributed by atoms with Crippen LogP contribution in [0.1, 0.15) is 19.8 Å². The third kappa shape index (κ3) is 5.07. The van der Waals surface area contributed by atoms with Crippen molar-refractivity contribution in [3.8, 4) is 23.1 Å². The number of hydrogen-bond acceptors (Lipinski definition) is 6. The summed E-state index contributed by atoms with van der Waals surface area (Å²) < 4.78 is 56.6. The van der Waals surface area contributed by atoms with Crippen LogP contribution in [-0.4, -0.2) is 41.6 Å². The van der Waals surface area contributed by atoms with Crippen LogP contribution in [0.4, 0.5) is 13.2 Å². The van der Waals surface area contributed by atoms with E-state index in [1.54, 1.807) is 12.1 Å². The van der Waals surface area contributed by atoms with E-state index in [0.29, 0.717) is 29.1 Å². The van der Waals surface area contributed by atoms with Gasteiger partial charge in [-0.3, -0.25) is 4.79 Å². The first kappa shape index (κ1) is 21.0. The van der Waals surface area contributed by atoms with E-state index in [0.717, 1.165) is 0 Å². The summed E-state index contributed by atoms with van der Waals surface area (Å²) in [7, 11) is 0. The molecular weight excluding hydrogens is 415 g/mol. The molecule has 1 amide bonds. The Morgan fingerprint density at radius 1 is 1.29 bits per heavy atom. The molecule has 2 heterocycles. The highest BCUT2D eigenvalue weighted by atomic mass is 19.3. The maximum absolute atomic E-state index is 14.4. The van der Waals surface area contributed by atoms with E-state index in [-0.39, 0.29) is 43.6 Å². The number of hydrogen-bond donors (Lipinski definition) is 1. The number of amides is 1. The van der Waals surface area contributed by atoms with E-state index in [4.69, 9.17) is 13.9 Å². The van der Waals surface area contributed by atoms with Gasteiger partial charge in [-0.1, -0.05) is 0 Å². The van der Waals surface area contributed by atoms with Gasteiger partial charge in [-0.15, -0.1) is 0 Å². The van der Waals surface area contributed by atoms with Gasteiger partial charge in [-0.25, -0.2) is 23.1 Å². The Kier molecular flexibility index (Phi) is 5.71. The first-order chi connectivity index (χ1) is 14.8. The normalized spacial score (nSPS) is 16.8. The molecule has 164 valence electrons. The Bertz CT molecular complexity index is 1100. The fourth-order valence-electron chi connectivity index (χ4n) is 3.04. The summed E-state index contributed by atoms with van der Waals surface area (Å²) in [5.74, 6) is -3.60. The lowest BCUT2D eigenvalue weighted by Gasteiger charge is -2.07. The summed E-state index contributed by atoms with van der Waals surface area (Å²) >= 11 is 0. The van der Waals surface area contributed by atoms with Crippen LogP contribution in [0.5, 0.6) is 11.6 Å². The molecule has 0 spiro atoms. The molecule has 0 bridgehead atoms. The zero-order valence-electron chi connectivity index (χ0n) is 16.7. The number of fused-ring (bicyclic) bond motifs is 1. The van der Waals surface area contributed by atoms with E-state index >= 15 is 0 Å². The zero-order chi connectivity index (χ0) is 22.0. The van der Waals surface area contributed by atoms with E-state index in [2.05, 4.69) is 15.3 Å². The lowest BCUT2D eigenvalue weighted by molar-refractivity contribution is -0.119. The van der Waals surface area contributed by atoms with Gasteiger partial charge in [0.25, 0.3) is 5.92 Å². The van der Waals surface area contributed by atoms with Crippen LogP contribution in [0, 0.1) is 11.7 Å². The predicted octanol–water partition coefficient (Wildman–Crippen LogP) is 3.97. The second-order valence-electron chi connectivity index (χ2n) is 7.29. The SMILES string of the molecule is CC(=O)NCCOc1cc2oc(-c3ccc(OCCC4CC4(F)F)c(F)c3)nc2cn1. The molecule has 3 aromatic rings. The second-order valence-corrected chi connectivity index (χ2v) is 7.29.